The predicted octanol–water partition coefficient (Wildman–Crippen LogP) is -0.124. The average molecular weight is 142 g/mol. The third-order valence-electron chi connectivity index (χ3n) is 1.55. The summed E-state index contributed by atoms with van der Waals surface area (Å²) in [4.78, 5) is 0. The number of nitrogens with one attached hydrogen (secondary N) is 1. The fraction of sp³-hybridized carbons (Fsp3) is 0.714. The van der Waals surface area contributed by atoms with Gasteiger partial charge in [0.05, 0.1) is 5.60 Å². The molecule has 0 aromatic heterocycles. The van der Waals surface area contributed by atoms with Gasteiger partial charge in [-0.3, -0.25) is 5.84 Å². The molecule has 0 saturated carbocycles. The van der Waals surface area contributed by atoms with Gasteiger partial charge in [-0.25, -0.2) is 5.43 Å². The van der Waals surface area contributed by atoms with Gasteiger partial charge in [0.15, 0.2) is 0 Å². The summed E-state index contributed by atoms with van der Waals surface area (Å²) in [5.41, 5.74) is 2.07. The number of terminal acetylenes is 1. The van der Waals surface area contributed by atoms with Gasteiger partial charge >= 0.3 is 0 Å². The number of methoxy groups -OCH3 is 1. The van der Waals surface area contributed by atoms with Crippen LogP contribution in [0, 0.1) is 12.3 Å². The Morgan fingerprint density at radius 3 is 2.30 bits per heavy atom. The first kappa shape index (κ1) is 9.44. The average Bonchev–Trinajstić information content (AvgIpc) is 1.90. The second-order valence-electron chi connectivity index (χ2n) is 2.57. The molecular weight excluding hydrogens is 128 g/mol. The highest BCUT2D eigenvalue weighted by Crippen LogP contribution is 2.11. The minimum atomic E-state index is -0.413. The van der Waals surface area contributed by atoms with E-state index >= 15 is 0 Å². The molecule has 3 heteroatoms. The molecule has 0 fully saturated rings. The number of hydrogen-bond donors (Lipinski definition) is 2. The lowest BCUT2D eigenvalue weighted by Gasteiger charge is -2.28. The molecule has 0 aromatic carbocycles. The molecule has 0 aliphatic rings. The largest absolute Gasteiger partial charge is 0.376 e. The number of rotatable bonds is 3. The zero-order valence-electron chi connectivity index (χ0n) is 6.64. The van der Waals surface area contributed by atoms with E-state index in [1.165, 1.54) is 0 Å². The minimum Gasteiger partial charge on any atom is -0.376 e. The normalized spacial score (nSPS) is 14.3. The molecule has 1 atom stereocenters. The Hall–Kier alpha value is -0.560. The molecule has 0 rings (SSSR count). The van der Waals surface area contributed by atoms with Crippen LogP contribution < -0.4 is 11.3 Å². The topological polar surface area (TPSA) is 47.3 Å². The van der Waals surface area contributed by atoms with Gasteiger partial charge < -0.3 is 4.74 Å². The second-order valence-corrected chi connectivity index (χ2v) is 2.57. The second kappa shape index (κ2) is 3.57. The molecule has 1 unspecified atom stereocenters. The maximum absolute atomic E-state index is 5.17. The van der Waals surface area contributed by atoms with E-state index in [0.717, 1.165) is 0 Å². The maximum atomic E-state index is 5.17. The van der Waals surface area contributed by atoms with Crippen molar-refractivity contribution in [1.82, 2.24) is 5.43 Å². The quantitative estimate of drug-likeness (QED) is 0.328. The van der Waals surface area contributed by atoms with Crippen LogP contribution in [0.3, 0.4) is 0 Å². The van der Waals surface area contributed by atoms with Crippen molar-refractivity contribution in [1.29, 1.82) is 0 Å². The highest BCUT2D eigenvalue weighted by molar-refractivity contribution is 5.06. The van der Waals surface area contributed by atoms with Gasteiger partial charge in [-0.1, -0.05) is 5.92 Å². The number of nitrogens with two attached hydrogens (primary N) is 1. The number of hydrazine groups is 1. The molecule has 0 spiro atoms. The highest BCUT2D eigenvalue weighted by Gasteiger charge is 2.26. The van der Waals surface area contributed by atoms with Gasteiger partial charge in [-0.2, -0.15) is 0 Å². The van der Waals surface area contributed by atoms with Crippen molar-refractivity contribution < 1.29 is 4.74 Å². The smallest absolute Gasteiger partial charge is 0.110 e. The van der Waals surface area contributed by atoms with Gasteiger partial charge in [-0.05, 0) is 13.8 Å². The molecule has 0 aliphatic carbocycles. The Kier molecular flexibility index (Phi) is 3.37. The molecule has 0 radical (unpaired) electrons. The van der Waals surface area contributed by atoms with Crippen LogP contribution in [0.4, 0.5) is 0 Å². The van der Waals surface area contributed by atoms with Crippen LogP contribution in [-0.4, -0.2) is 18.8 Å². The Morgan fingerprint density at radius 1 is 1.70 bits per heavy atom. The number of ether oxygens (including phenoxy) is 1. The SMILES string of the molecule is C#CC(NN)C(C)(C)OC. The van der Waals surface area contributed by atoms with E-state index in [4.69, 9.17) is 17.0 Å². The van der Waals surface area contributed by atoms with Crippen LogP contribution in [-0.2, 0) is 4.74 Å². The van der Waals surface area contributed by atoms with E-state index in [-0.39, 0.29) is 6.04 Å². The van der Waals surface area contributed by atoms with Crippen molar-refractivity contribution in [2.75, 3.05) is 7.11 Å². The lowest BCUT2D eigenvalue weighted by molar-refractivity contribution is 0.00555. The zero-order valence-corrected chi connectivity index (χ0v) is 6.64. The third-order valence-corrected chi connectivity index (χ3v) is 1.55. The summed E-state index contributed by atoms with van der Waals surface area (Å²) in [5.74, 6) is 7.65. The first-order chi connectivity index (χ1) is 4.58. The lowest BCUT2D eigenvalue weighted by Crippen LogP contribution is -2.50. The zero-order chi connectivity index (χ0) is 8.20. The van der Waals surface area contributed by atoms with Gasteiger partial charge in [0, 0.05) is 7.11 Å². The van der Waals surface area contributed by atoms with Crippen molar-refractivity contribution in [3.05, 3.63) is 0 Å². The van der Waals surface area contributed by atoms with Crippen LogP contribution in [0.5, 0.6) is 0 Å². The van der Waals surface area contributed by atoms with Crippen molar-refractivity contribution in [3.8, 4) is 12.3 Å². The summed E-state index contributed by atoms with van der Waals surface area (Å²) < 4.78 is 5.10. The van der Waals surface area contributed by atoms with Crippen molar-refractivity contribution >= 4 is 0 Å². The maximum Gasteiger partial charge on any atom is 0.110 e. The Labute approximate surface area is 61.9 Å². The van der Waals surface area contributed by atoms with E-state index in [1.54, 1.807) is 7.11 Å². The molecule has 10 heavy (non-hydrogen) atoms. The van der Waals surface area contributed by atoms with E-state index in [1.807, 2.05) is 13.8 Å². The molecule has 3 N–H and O–H groups in total. The van der Waals surface area contributed by atoms with Crippen LogP contribution in [0.25, 0.3) is 0 Å². The molecule has 0 aliphatic heterocycles. The Balaban J connectivity index is 4.15. The Bertz CT molecular complexity index is 137. The van der Waals surface area contributed by atoms with Crippen LogP contribution in [0.2, 0.25) is 0 Å². The summed E-state index contributed by atoms with van der Waals surface area (Å²) in [6.45, 7) is 3.74. The van der Waals surface area contributed by atoms with E-state index < -0.39 is 5.60 Å². The van der Waals surface area contributed by atoms with Crippen molar-refractivity contribution in [3.63, 3.8) is 0 Å². The molecule has 0 heterocycles. The third kappa shape index (κ3) is 1.99. The van der Waals surface area contributed by atoms with Gasteiger partial charge in [0.2, 0.25) is 0 Å². The predicted molar refractivity (Wildman–Crippen MR) is 41.0 cm³/mol. The first-order valence-electron chi connectivity index (χ1n) is 3.06. The van der Waals surface area contributed by atoms with Gasteiger partial charge in [-0.15, -0.1) is 6.42 Å². The van der Waals surface area contributed by atoms with Crippen LogP contribution in [0.15, 0.2) is 0 Å². The van der Waals surface area contributed by atoms with Gasteiger partial charge in [0.25, 0.3) is 0 Å². The van der Waals surface area contributed by atoms with Crippen molar-refractivity contribution in [2.45, 2.75) is 25.5 Å². The van der Waals surface area contributed by atoms with E-state index in [0.29, 0.717) is 0 Å². The van der Waals surface area contributed by atoms with E-state index in [2.05, 4.69) is 11.3 Å². The summed E-state index contributed by atoms with van der Waals surface area (Å²) in [6.07, 6.45) is 5.17. The summed E-state index contributed by atoms with van der Waals surface area (Å²) in [5, 5.41) is 0. The molecule has 58 valence electrons. The molecule has 0 saturated heterocycles. The molecule has 0 aromatic rings. The molecule has 3 nitrogen and oxygen atoms in total. The summed E-state index contributed by atoms with van der Waals surface area (Å²) in [7, 11) is 1.60. The van der Waals surface area contributed by atoms with Crippen LogP contribution in [0.1, 0.15) is 13.8 Å². The lowest BCUT2D eigenvalue weighted by atomic mass is 10.0. The molecule has 0 amide bonds. The molecule has 0 bridgehead atoms. The van der Waals surface area contributed by atoms with Gasteiger partial charge in [0.1, 0.15) is 6.04 Å². The Morgan fingerprint density at radius 2 is 2.20 bits per heavy atom. The van der Waals surface area contributed by atoms with E-state index in [9.17, 15) is 0 Å². The summed E-state index contributed by atoms with van der Waals surface area (Å²) in [6, 6.07) is -0.252. The first-order valence-corrected chi connectivity index (χ1v) is 3.06. The number of hydrogen-bond acceptors (Lipinski definition) is 3. The highest BCUT2D eigenvalue weighted by atomic mass is 16.5. The fourth-order valence-electron chi connectivity index (χ4n) is 0.567. The summed E-state index contributed by atoms with van der Waals surface area (Å²) >= 11 is 0. The van der Waals surface area contributed by atoms with Crippen molar-refractivity contribution in [2.24, 2.45) is 5.84 Å². The molecular formula is C7H14N2O. The standard InChI is InChI=1S/C7H14N2O/c1-5-6(9-8)7(2,3)10-4/h1,6,9H,8H2,2-4H3. The van der Waals surface area contributed by atoms with Crippen LogP contribution >= 0.6 is 0 Å². The minimum absolute atomic E-state index is 0.252. The monoisotopic (exact) mass is 142 g/mol. The fourth-order valence-corrected chi connectivity index (χ4v) is 0.567.